The fourth-order valence-corrected chi connectivity index (χ4v) is 1.81. The monoisotopic (exact) mass is 258 g/mol. The number of methoxy groups -OCH3 is 1. The van der Waals surface area contributed by atoms with Crippen LogP contribution in [0.15, 0.2) is 0 Å². The van der Waals surface area contributed by atoms with Crippen molar-refractivity contribution in [3.05, 3.63) is 0 Å². The van der Waals surface area contributed by atoms with Gasteiger partial charge in [-0.25, -0.2) is 4.79 Å². The number of rotatable bonds is 7. The van der Waals surface area contributed by atoms with E-state index in [1.807, 2.05) is 0 Å². The number of nitrogens with one attached hydrogen (secondary N) is 1. The molecule has 0 aromatic rings. The van der Waals surface area contributed by atoms with Gasteiger partial charge in [-0.2, -0.15) is 0 Å². The highest BCUT2D eigenvalue weighted by Gasteiger charge is 2.31. The second kappa shape index (κ2) is 6.58. The quantitative estimate of drug-likeness (QED) is 0.707. The number of urea groups is 1. The lowest BCUT2D eigenvalue weighted by Gasteiger charge is -2.22. The second-order valence-corrected chi connectivity index (χ2v) is 4.92. The van der Waals surface area contributed by atoms with Gasteiger partial charge in [0.1, 0.15) is 0 Å². The Hall–Kier alpha value is -1.30. The molecule has 6 heteroatoms. The van der Waals surface area contributed by atoms with E-state index in [0.29, 0.717) is 12.5 Å². The maximum absolute atomic E-state index is 11.7. The fraction of sp³-hybridized carbons (Fsp3) is 0.833. The number of hydrogen-bond donors (Lipinski definition) is 2. The van der Waals surface area contributed by atoms with Crippen LogP contribution in [0.2, 0.25) is 0 Å². The number of ether oxygens (including phenoxy) is 1. The molecule has 18 heavy (non-hydrogen) atoms. The standard InChI is InChI=1S/C12H22N2O4/c1-8(11(15)16)7-14(2)12(17)13-6-10(18-3)9-4-5-9/h8-10H,4-7H2,1-3H3,(H,13,17)(H,15,16). The zero-order valence-corrected chi connectivity index (χ0v) is 11.2. The minimum Gasteiger partial charge on any atom is -0.481 e. The van der Waals surface area contributed by atoms with E-state index in [1.165, 1.54) is 4.90 Å². The first-order chi connectivity index (χ1) is 8.45. The van der Waals surface area contributed by atoms with E-state index < -0.39 is 11.9 Å². The predicted octanol–water partition coefficient (Wildman–Crippen LogP) is 0.773. The molecule has 0 aromatic carbocycles. The van der Waals surface area contributed by atoms with Gasteiger partial charge in [0.15, 0.2) is 0 Å². The van der Waals surface area contributed by atoms with Gasteiger partial charge in [0.25, 0.3) is 0 Å². The van der Waals surface area contributed by atoms with Gasteiger partial charge < -0.3 is 20.1 Å². The van der Waals surface area contributed by atoms with E-state index in [2.05, 4.69) is 5.32 Å². The fourth-order valence-electron chi connectivity index (χ4n) is 1.81. The Kier molecular flexibility index (Phi) is 5.40. The van der Waals surface area contributed by atoms with E-state index in [1.54, 1.807) is 21.1 Å². The molecule has 0 aliphatic heterocycles. The van der Waals surface area contributed by atoms with Crippen molar-refractivity contribution >= 4 is 12.0 Å². The van der Waals surface area contributed by atoms with E-state index in [4.69, 9.17) is 9.84 Å². The molecule has 1 aliphatic rings. The molecule has 2 atom stereocenters. The Labute approximate surface area is 107 Å². The Morgan fingerprint density at radius 1 is 1.50 bits per heavy atom. The zero-order valence-electron chi connectivity index (χ0n) is 11.2. The number of nitrogens with zero attached hydrogens (tertiary/aromatic N) is 1. The molecule has 1 saturated carbocycles. The molecule has 2 amide bonds. The number of hydrogen-bond acceptors (Lipinski definition) is 3. The largest absolute Gasteiger partial charge is 0.481 e. The summed E-state index contributed by atoms with van der Waals surface area (Å²) in [5.74, 6) is -0.914. The predicted molar refractivity (Wildman–Crippen MR) is 66.3 cm³/mol. The second-order valence-electron chi connectivity index (χ2n) is 4.92. The third-order valence-electron chi connectivity index (χ3n) is 3.22. The average molecular weight is 258 g/mol. The van der Waals surface area contributed by atoms with Crippen LogP contribution in [0.1, 0.15) is 19.8 Å². The average Bonchev–Trinajstić information content (AvgIpc) is 3.13. The van der Waals surface area contributed by atoms with Crippen LogP contribution >= 0.6 is 0 Å². The molecule has 6 nitrogen and oxygen atoms in total. The van der Waals surface area contributed by atoms with E-state index in [0.717, 1.165) is 12.8 Å². The van der Waals surface area contributed by atoms with Crippen LogP contribution in [0.3, 0.4) is 0 Å². The molecular formula is C12H22N2O4. The van der Waals surface area contributed by atoms with Crippen molar-refractivity contribution in [1.29, 1.82) is 0 Å². The Morgan fingerprint density at radius 2 is 2.11 bits per heavy atom. The summed E-state index contributed by atoms with van der Waals surface area (Å²) < 4.78 is 5.30. The van der Waals surface area contributed by atoms with Crippen LogP contribution in [0.25, 0.3) is 0 Å². The molecule has 0 saturated heterocycles. The minimum absolute atomic E-state index is 0.0687. The van der Waals surface area contributed by atoms with Crippen molar-refractivity contribution in [2.24, 2.45) is 11.8 Å². The number of carboxylic acid groups (broad SMARTS) is 1. The Morgan fingerprint density at radius 3 is 2.56 bits per heavy atom. The first-order valence-corrected chi connectivity index (χ1v) is 6.20. The van der Waals surface area contributed by atoms with Crippen molar-refractivity contribution in [2.45, 2.75) is 25.9 Å². The van der Waals surface area contributed by atoms with Crippen LogP contribution in [0.4, 0.5) is 4.79 Å². The number of carbonyl (C=O) groups excluding carboxylic acids is 1. The van der Waals surface area contributed by atoms with Gasteiger partial charge in [0, 0.05) is 27.2 Å². The molecule has 0 aromatic heterocycles. The SMILES string of the molecule is COC(CNC(=O)N(C)CC(C)C(=O)O)C1CC1. The number of carboxylic acids is 1. The molecule has 1 aliphatic carbocycles. The van der Waals surface area contributed by atoms with Crippen molar-refractivity contribution in [3.8, 4) is 0 Å². The smallest absolute Gasteiger partial charge is 0.317 e. The summed E-state index contributed by atoms with van der Waals surface area (Å²) >= 11 is 0. The normalized spacial score (nSPS) is 17.9. The highest BCUT2D eigenvalue weighted by molar-refractivity contribution is 5.75. The van der Waals surface area contributed by atoms with E-state index in [-0.39, 0.29) is 18.7 Å². The lowest BCUT2D eigenvalue weighted by atomic mass is 10.2. The number of amides is 2. The molecule has 1 rings (SSSR count). The van der Waals surface area contributed by atoms with Gasteiger partial charge in [-0.3, -0.25) is 4.79 Å². The molecule has 0 bridgehead atoms. The summed E-state index contributed by atoms with van der Waals surface area (Å²) in [5.41, 5.74) is 0. The van der Waals surface area contributed by atoms with Crippen molar-refractivity contribution in [3.63, 3.8) is 0 Å². The maximum atomic E-state index is 11.7. The maximum Gasteiger partial charge on any atom is 0.317 e. The van der Waals surface area contributed by atoms with Crippen LogP contribution in [-0.4, -0.2) is 55.4 Å². The number of aliphatic carboxylic acids is 1. The summed E-state index contributed by atoms with van der Waals surface area (Å²) in [5, 5.41) is 11.5. The summed E-state index contributed by atoms with van der Waals surface area (Å²) in [6, 6.07) is -0.259. The van der Waals surface area contributed by atoms with Crippen LogP contribution in [-0.2, 0) is 9.53 Å². The van der Waals surface area contributed by atoms with Gasteiger partial charge in [0.2, 0.25) is 0 Å². The van der Waals surface area contributed by atoms with Gasteiger partial charge in [-0.15, -0.1) is 0 Å². The summed E-state index contributed by atoms with van der Waals surface area (Å²) in [6.45, 7) is 2.25. The molecule has 0 spiro atoms. The lowest BCUT2D eigenvalue weighted by molar-refractivity contribution is -0.141. The summed E-state index contributed by atoms with van der Waals surface area (Å²) in [4.78, 5) is 23.8. The highest BCUT2D eigenvalue weighted by Crippen LogP contribution is 2.33. The first kappa shape index (κ1) is 14.8. The van der Waals surface area contributed by atoms with Gasteiger partial charge in [-0.05, 0) is 18.8 Å². The van der Waals surface area contributed by atoms with Crippen molar-refractivity contribution in [1.82, 2.24) is 10.2 Å². The molecular weight excluding hydrogens is 236 g/mol. The third kappa shape index (κ3) is 4.52. The molecule has 2 N–H and O–H groups in total. The number of carbonyl (C=O) groups is 2. The van der Waals surface area contributed by atoms with E-state index >= 15 is 0 Å². The zero-order chi connectivity index (χ0) is 13.7. The van der Waals surface area contributed by atoms with Crippen molar-refractivity contribution in [2.75, 3.05) is 27.2 Å². The minimum atomic E-state index is -0.901. The van der Waals surface area contributed by atoms with E-state index in [9.17, 15) is 9.59 Å². The van der Waals surface area contributed by atoms with Crippen LogP contribution < -0.4 is 5.32 Å². The molecule has 1 fully saturated rings. The molecule has 0 heterocycles. The Balaban J connectivity index is 2.28. The molecule has 104 valence electrons. The van der Waals surface area contributed by atoms with Gasteiger partial charge in [0.05, 0.1) is 12.0 Å². The molecule has 2 unspecified atom stereocenters. The summed E-state index contributed by atoms with van der Waals surface area (Å²) in [7, 11) is 3.24. The van der Waals surface area contributed by atoms with Crippen molar-refractivity contribution < 1.29 is 19.4 Å². The highest BCUT2D eigenvalue weighted by atomic mass is 16.5. The van der Waals surface area contributed by atoms with Crippen LogP contribution in [0.5, 0.6) is 0 Å². The molecule has 0 radical (unpaired) electrons. The van der Waals surface area contributed by atoms with Gasteiger partial charge >= 0.3 is 12.0 Å². The van der Waals surface area contributed by atoms with Crippen LogP contribution in [0, 0.1) is 11.8 Å². The topological polar surface area (TPSA) is 78.9 Å². The lowest BCUT2D eigenvalue weighted by Crippen LogP contribution is -2.44. The van der Waals surface area contributed by atoms with Gasteiger partial charge in [-0.1, -0.05) is 6.92 Å². The first-order valence-electron chi connectivity index (χ1n) is 6.20. The Bertz CT molecular complexity index is 304. The summed E-state index contributed by atoms with van der Waals surface area (Å²) in [6.07, 6.45) is 2.37. The third-order valence-corrected chi connectivity index (χ3v) is 3.22.